The van der Waals surface area contributed by atoms with Gasteiger partial charge in [-0.2, -0.15) is 0 Å². The van der Waals surface area contributed by atoms with Gasteiger partial charge >= 0.3 is 0 Å². The van der Waals surface area contributed by atoms with Crippen LogP contribution >= 0.6 is 11.6 Å². The molecule has 3 rings (SSSR count). The number of benzene rings is 2. The fourth-order valence-corrected chi connectivity index (χ4v) is 3.49. The first-order chi connectivity index (χ1) is 12.6. The van der Waals surface area contributed by atoms with Crippen molar-refractivity contribution < 1.29 is 4.79 Å². The molecule has 0 radical (unpaired) electrons. The monoisotopic (exact) mass is 371 g/mol. The first kappa shape index (κ1) is 18.9. The van der Waals surface area contributed by atoms with Gasteiger partial charge in [0.1, 0.15) is 0 Å². The SMILES string of the molecule is Cc1cccc(CN2CCN(CC(=O)NCc3cccc(Cl)c3)CC2)c1. The fourth-order valence-electron chi connectivity index (χ4n) is 3.28. The van der Waals surface area contributed by atoms with Crippen LogP contribution in [0.3, 0.4) is 0 Å². The molecule has 0 aromatic heterocycles. The fraction of sp³-hybridized carbons (Fsp3) is 0.381. The van der Waals surface area contributed by atoms with Crippen molar-refractivity contribution in [3.63, 3.8) is 0 Å². The van der Waals surface area contributed by atoms with E-state index in [1.165, 1.54) is 11.1 Å². The second kappa shape index (κ2) is 9.17. The maximum Gasteiger partial charge on any atom is 0.234 e. The van der Waals surface area contributed by atoms with Gasteiger partial charge in [-0.05, 0) is 30.2 Å². The maximum atomic E-state index is 12.2. The van der Waals surface area contributed by atoms with Crippen molar-refractivity contribution in [2.75, 3.05) is 32.7 Å². The van der Waals surface area contributed by atoms with E-state index in [0.29, 0.717) is 18.1 Å². The largest absolute Gasteiger partial charge is 0.351 e. The third-order valence-electron chi connectivity index (χ3n) is 4.70. The van der Waals surface area contributed by atoms with Gasteiger partial charge < -0.3 is 5.32 Å². The number of piperazine rings is 1. The Labute approximate surface area is 160 Å². The van der Waals surface area contributed by atoms with Crippen LogP contribution in [0.2, 0.25) is 5.02 Å². The number of hydrogen-bond acceptors (Lipinski definition) is 3. The molecule has 138 valence electrons. The highest BCUT2D eigenvalue weighted by Gasteiger charge is 2.19. The summed E-state index contributed by atoms with van der Waals surface area (Å²) in [5.74, 6) is 0.0668. The summed E-state index contributed by atoms with van der Waals surface area (Å²) in [6.45, 7) is 7.93. The molecule has 2 aromatic rings. The molecule has 0 bridgehead atoms. The number of nitrogens with one attached hydrogen (secondary N) is 1. The first-order valence-electron chi connectivity index (χ1n) is 9.10. The number of hydrogen-bond donors (Lipinski definition) is 1. The van der Waals surface area contributed by atoms with Crippen molar-refractivity contribution in [2.24, 2.45) is 0 Å². The van der Waals surface area contributed by atoms with Crippen LogP contribution in [0.4, 0.5) is 0 Å². The van der Waals surface area contributed by atoms with Crippen LogP contribution in [-0.4, -0.2) is 48.4 Å². The van der Waals surface area contributed by atoms with E-state index in [4.69, 9.17) is 11.6 Å². The lowest BCUT2D eigenvalue weighted by molar-refractivity contribution is -0.122. The number of rotatable bonds is 6. The van der Waals surface area contributed by atoms with Crippen molar-refractivity contribution in [1.29, 1.82) is 0 Å². The number of nitrogens with zero attached hydrogens (tertiary/aromatic N) is 2. The zero-order valence-corrected chi connectivity index (χ0v) is 16.0. The van der Waals surface area contributed by atoms with Gasteiger partial charge in [-0.1, -0.05) is 53.6 Å². The van der Waals surface area contributed by atoms with Crippen molar-refractivity contribution in [1.82, 2.24) is 15.1 Å². The summed E-state index contributed by atoms with van der Waals surface area (Å²) in [4.78, 5) is 16.9. The van der Waals surface area contributed by atoms with E-state index in [-0.39, 0.29) is 5.91 Å². The molecule has 1 heterocycles. The Morgan fingerprint density at radius 3 is 2.42 bits per heavy atom. The van der Waals surface area contributed by atoms with Crippen LogP contribution in [0.1, 0.15) is 16.7 Å². The van der Waals surface area contributed by atoms with Gasteiger partial charge in [0, 0.05) is 44.3 Å². The zero-order chi connectivity index (χ0) is 18.4. The maximum absolute atomic E-state index is 12.2. The molecule has 0 saturated carbocycles. The van der Waals surface area contributed by atoms with Gasteiger partial charge in [0.2, 0.25) is 5.91 Å². The molecule has 26 heavy (non-hydrogen) atoms. The molecule has 0 aliphatic carbocycles. The molecule has 4 nitrogen and oxygen atoms in total. The number of halogens is 1. The van der Waals surface area contributed by atoms with Crippen LogP contribution in [0, 0.1) is 6.92 Å². The standard InChI is InChI=1S/C21H26ClN3O/c1-17-4-2-6-19(12-17)15-24-8-10-25(11-9-24)16-21(26)23-14-18-5-3-7-20(22)13-18/h2-7,12-13H,8-11,14-16H2,1H3,(H,23,26). The molecule has 1 aliphatic heterocycles. The average Bonchev–Trinajstić information content (AvgIpc) is 2.62. The summed E-state index contributed by atoms with van der Waals surface area (Å²) in [6, 6.07) is 16.3. The van der Waals surface area contributed by atoms with Crippen molar-refractivity contribution in [3.8, 4) is 0 Å². The van der Waals surface area contributed by atoms with E-state index in [1.807, 2.05) is 24.3 Å². The predicted molar refractivity (Wildman–Crippen MR) is 106 cm³/mol. The van der Waals surface area contributed by atoms with Crippen molar-refractivity contribution in [3.05, 3.63) is 70.2 Å². The molecular weight excluding hydrogens is 346 g/mol. The molecule has 1 amide bonds. The molecule has 1 fully saturated rings. The van der Waals surface area contributed by atoms with Crippen LogP contribution in [0.15, 0.2) is 48.5 Å². The van der Waals surface area contributed by atoms with Gasteiger partial charge in [0.25, 0.3) is 0 Å². The zero-order valence-electron chi connectivity index (χ0n) is 15.2. The van der Waals surface area contributed by atoms with E-state index in [9.17, 15) is 4.79 Å². The molecule has 2 aromatic carbocycles. The topological polar surface area (TPSA) is 35.6 Å². The van der Waals surface area contributed by atoms with Crippen LogP contribution in [-0.2, 0) is 17.9 Å². The Kier molecular flexibility index (Phi) is 6.67. The van der Waals surface area contributed by atoms with E-state index >= 15 is 0 Å². The number of amides is 1. The van der Waals surface area contributed by atoms with E-state index in [2.05, 4.69) is 46.3 Å². The lowest BCUT2D eigenvalue weighted by Crippen LogP contribution is -2.49. The predicted octanol–water partition coefficient (Wildman–Crippen LogP) is 3.08. The Morgan fingerprint density at radius 1 is 1.00 bits per heavy atom. The van der Waals surface area contributed by atoms with Gasteiger partial charge in [0.15, 0.2) is 0 Å². The highest BCUT2D eigenvalue weighted by atomic mass is 35.5. The Bertz CT molecular complexity index is 742. The average molecular weight is 372 g/mol. The van der Waals surface area contributed by atoms with E-state index in [0.717, 1.165) is 38.3 Å². The summed E-state index contributed by atoms with van der Waals surface area (Å²) in [6.07, 6.45) is 0. The van der Waals surface area contributed by atoms with Crippen LogP contribution < -0.4 is 5.32 Å². The van der Waals surface area contributed by atoms with Crippen molar-refractivity contribution in [2.45, 2.75) is 20.0 Å². The van der Waals surface area contributed by atoms with E-state index in [1.54, 1.807) is 0 Å². The number of aryl methyl sites for hydroxylation is 1. The normalized spacial score (nSPS) is 15.8. The van der Waals surface area contributed by atoms with Gasteiger partial charge in [-0.15, -0.1) is 0 Å². The minimum absolute atomic E-state index is 0.0668. The third-order valence-corrected chi connectivity index (χ3v) is 4.93. The van der Waals surface area contributed by atoms with Crippen molar-refractivity contribution >= 4 is 17.5 Å². The highest BCUT2D eigenvalue weighted by molar-refractivity contribution is 6.30. The Balaban J connectivity index is 1.38. The quantitative estimate of drug-likeness (QED) is 0.847. The molecule has 0 spiro atoms. The Hall–Kier alpha value is -1.88. The lowest BCUT2D eigenvalue weighted by Gasteiger charge is -2.34. The second-order valence-electron chi connectivity index (χ2n) is 6.95. The molecule has 1 aliphatic rings. The van der Waals surface area contributed by atoms with Crippen LogP contribution in [0.5, 0.6) is 0 Å². The summed E-state index contributed by atoms with van der Waals surface area (Å²) >= 11 is 5.97. The molecule has 1 N–H and O–H groups in total. The molecule has 5 heteroatoms. The van der Waals surface area contributed by atoms with Gasteiger partial charge in [-0.25, -0.2) is 0 Å². The van der Waals surface area contributed by atoms with Gasteiger partial charge in [0.05, 0.1) is 6.54 Å². The summed E-state index contributed by atoms with van der Waals surface area (Å²) in [7, 11) is 0. The minimum Gasteiger partial charge on any atom is -0.351 e. The molecular formula is C21H26ClN3O. The van der Waals surface area contributed by atoms with E-state index < -0.39 is 0 Å². The van der Waals surface area contributed by atoms with Gasteiger partial charge in [-0.3, -0.25) is 14.6 Å². The summed E-state index contributed by atoms with van der Waals surface area (Å²) < 4.78 is 0. The number of carbonyl (C=O) groups excluding carboxylic acids is 1. The first-order valence-corrected chi connectivity index (χ1v) is 9.48. The van der Waals surface area contributed by atoms with Crippen LogP contribution in [0.25, 0.3) is 0 Å². The molecule has 0 atom stereocenters. The Morgan fingerprint density at radius 2 is 1.69 bits per heavy atom. The molecule has 0 unspecified atom stereocenters. The second-order valence-corrected chi connectivity index (χ2v) is 7.38. The summed E-state index contributed by atoms with van der Waals surface area (Å²) in [5, 5.41) is 3.67. The smallest absolute Gasteiger partial charge is 0.234 e. The lowest BCUT2D eigenvalue weighted by atomic mass is 10.1. The number of carbonyl (C=O) groups is 1. The highest BCUT2D eigenvalue weighted by Crippen LogP contribution is 2.11. The third kappa shape index (κ3) is 5.84. The summed E-state index contributed by atoms with van der Waals surface area (Å²) in [5.41, 5.74) is 3.68. The molecule has 1 saturated heterocycles. The minimum atomic E-state index is 0.0668.